The van der Waals surface area contributed by atoms with Crippen molar-refractivity contribution in [2.75, 3.05) is 24.4 Å². The maximum atomic E-state index is 11.4. The van der Waals surface area contributed by atoms with Crippen molar-refractivity contribution in [1.29, 1.82) is 0 Å². The first kappa shape index (κ1) is 14.9. The summed E-state index contributed by atoms with van der Waals surface area (Å²) in [5.41, 5.74) is 0. The Hall–Kier alpha value is -0.180. The van der Waals surface area contributed by atoms with Gasteiger partial charge in [0.1, 0.15) is 0 Å². The molecule has 0 saturated carbocycles. The third kappa shape index (κ3) is 6.97. The number of piperidine rings is 1. The van der Waals surface area contributed by atoms with Gasteiger partial charge in [-0.3, -0.25) is 0 Å². The highest BCUT2D eigenvalue weighted by Gasteiger charge is 2.18. The molecule has 0 spiro atoms. The van der Waals surface area contributed by atoms with E-state index in [-0.39, 0.29) is 6.54 Å². The molecule has 2 N–H and O–H groups in total. The number of sulfone groups is 1. The third-order valence-electron chi connectivity index (χ3n) is 2.60. The minimum atomic E-state index is -3.71. The van der Waals surface area contributed by atoms with E-state index in [2.05, 4.69) is 10.0 Å². The van der Waals surface area contributed by atoms with Crippen LogP contribution in [0.5, 0.6) is 0 Å². The minimum absolute atomic E-state index is 0.287. The molecule has 1 unspecified atom stereocenters. The Morgan fingerprint density at radius 2 is 1.94 bits per heavy atom. The Morgan fingerprint density at radius 1 is 1.24 bits per heavy atom. The molecule has 1 rings (SSSR count). The lowest BCUT2D eigenvalue weighted by atomic mass is 10.0. The summed E-state index contributed by atoms with van der Waals surface area (Å²) in [4.78, 5) is 0. The fourth-order valence-corrected chi connectivity index (χ4v) is 4.90. The van der Waals surface area contributed by atoms with Crippen LogP contribution >= 0.6 is 0 Å². The smallest absolute Gasteiger partial charge is 0.226 e. The molecular formula is C9H20N2O4S2. The molecule has 1 atom stereocenters. The fourth-order valence-electron chi connectivity index (χ4n) is 1.88. The van der Waals surface area contributed by atoms with Gasteiger partial charge in [0.2, 0.25) is 10.0 Å². The molecule has 1 fully saturated rings. The van der Waals surface area contributed by atoms with E-state index in [1.54, 1.807) is 0 Å². The summed E-state index contributed by atoms with van der Waals surface area (Å²) >= 11 is 0. The first-order valence-electron chi connectivity index (χ1n) is 5.67. The van der Waals surface area contributed by atoms with E-state index in [0.29, 0.717) is 12.5 Å². The molecule has 1 aliphatic heterocycles. The molecule has 1 aliphatic rings. The van der Waals surface area contributed by atoms with Crippen LogP contribution in [0.2, 0.25) is 0 Å². The van der Waals surface area contributed by atoms with Gasteiger partial charge in [-0.05, 0) is 25.8 Å². The van der Waals surface area contributed by atoms with E-state index in [1.165, 1.54) is 0 Å². The second kappa shape index (κ2) is 6.12. The monoisotopic (exact) mass is 284 g/mol. The number of hydrogen-bond acceptors (Lipinski definition) is 5. The zero-order valence-electron chi connectivity index (χ0n) is 9.98. The van der Waals surface area contributed by atoms with Gasteiger partial charge in [0.05, 0.1) is 0 Å². The molecule has 8 heteroatoms. The van der Waals surface area contributed by atoms with E-state index in [4.69, 9.17) is 0 Å². The molecule has 0 aromatic carbocycles. The topological polar surface area (TPSA) is 92.3 Å². The van der Waals surface area contributed by atoms with Gasteiger partial charge < -0.3 is 5.32 Å². The zero-order valence-corrected chi connectivity index (χ0v) is 11.6. The number of hydrogen-bond donors (Lipinski definition) is 2. The average Bonchev–Trinajstić information content (AvgIpc) is 2.15. The lowest BCUT2D eigenvalue weighted by Crippen LogP contribution is -2.38. The van der Waals surface area contributed by atoms with Gasteiger partial charge in [-0.15, -0.1) is 0 Å². The lowest BCUT2D eigenvalue weighted by molar-refractivity contribution is 0.383. The Kier molecular flexibility index (Phi) is 5.36. The molecule has 1 heterocycles. The molecule has 1 saturated heterocycles. The van der Waals surface area contributed by atoms with Crippen LogP contribution < -0.4 is 10.0 Å². The summed E-state index contributed by atoms with van der Waals surface area (Å²) in [5.74, 6) is 0. The van der Waals surface area contributed by atoms with Crippen molar-refractivity contribution in [1.82, 2.24) is 10.0 Å². The fraction of sp³-hybridized carbons (Fsp3) is 1.00. The highest BCUT2D eigenvalue weighted by Crippen LogP contribution is 2.09. The number of rotatable bonds is 6. The van der Waals surface area contributed by atoms with E-state index < -0.39 is 24.9 Å². The van der Waals surface area contributed by atoms with Gasteiger partial charge in [-0.1, -0.05) is 6.42 Å². The first-order valence-corrected chi connectivity index (χ1v) is 9.38. The summed E-state index contributed by atoms with van der Waals surface area (Å²) in [7, 11) is -7.21. The highest BCUT2D eigenvalue weighted by molar-refractivity contribution is 8.06. The predicted molar refractivity (Wildman–Crippen MR) is 66.9 cm³/mol. The van der Waals surface area contributed by atoms with Gasteiger partial charge in [-0.2, -0.15) is 0 Å². The Morgan fingerprint density at radius 3 is 2.47 bits per heavy atom. The summed E-state index contributed by atoms with van der Waals surface area (Å²) in [6.07, 6.45) is 4.98. The lowest BCUT2D eigenvalue weighted by Gasteiger charge is -2.23. The maximum Gasteiger partial charge on any atom is 0.226 e. The van der Waals surface area contributed by atoms with Gasteiger partial charge in [0.25, 0.3) is 0 Å². The molecule has 0 aromatic rings. The average molecular weight is 284 g/mol. The number of nitrogens with one attached hydrogen (secondary N) is 2. The maximum absolute atomic E-state index is 11.4. The van der Waals surface area contributed by atoms with Crippen molar-refractivity contribution >= 4 is 19.9 Å². The van der Waals surface area contributed by atoms with E-state index in [9.17, 15) is 16.8 Å². The van der Waals surface area contributed by atoms with Crippen LogP contribution in [0.1, 0.15) is 25.7 Å². The van der Waals surface area contributed by atoms with Crippen LogP contribution in [0.4, 0.5) is 0 Å². The van der Waals surface area contributed by atoms with Crippen LogP contribution in [0.15, 0.2) is 0 Å². The summed E-state index contributed by atoms with van der Waals surface area (Å²) in [6.45, 7) is 1.26. The molecular weight excluding hydrogens is 264 g/mol. The van der Waals surface area contributed by atoms with Crippen molar-refractivity contribution in [2.24, 2.45) is 0 Å². The number of sulfonamides is 1. The van der Waals surface area contributed by atoms with Crippen molar-refractivity contribution in [3.05, 3.63) is 0 Å². The second-order valence-electron chi connectivity index (χ2n) is 4.49. The predicted octanol–water partition coefficient (Wildman–Crippen LogP) is -0.560. The van der Waals surface area contributed by atoms with Gasteiger partial charge in [0.15, 0.2) is 14.9 Å². The third-order valence-corrected chi connectivity index (χ3v) is 6.19. The van der Waals surface area contributed by atoms with Gasteiger partial charge in [0, 0.05) is 18.8 Å². The standard InChI is InChI=1S/C9H20N2O4S2/c1-16(12,13)8-17(14,15)11-7-5-9-4-2-3-6-10-9/h9-11H,2-8H2,1H3. The van der Waals surface area contributed by atoms with Gasteiger partial charge in [-0.25, -0.2) is 21.6 Å². The van der Waals surface area contributed by atoms with Crippen LogP contribution in [0, 0.1) is 0 Å². The SMILES string of the molecule is CS(=O)(=O)CS(=O)(=O)NCCC1CCCCN1. The van der Waals surface area contributed by atoms with Crippen molar-refractivity contribution in [3.63, 3.8) is 0 Å². The molecule has 0 aliphatic carbocycles. The molecule has 0 aromatic heterocycles. The van der Waals surface area contributed by atoms with E-state index in [1.807, 2.05) is 0 Å². The molecule has 6 nitrogen and oxygen atoms in total. The van der Waals surface area contributed by atoms with Crippen LogP contribution in [-0.2, 0) is 19.9 Å². The summed E-state index contributed by atoms with van der Waals surface area (Å²) in [5, 5.41) is 2.47. The summed E-state index contributed by atoms with van der Waals surface area (Å²) in [6, 6.07) is 0.338. The first-order chi connectivity index (χ1) is 7.79. The Labute approximate surface area is 103 Å². The second-order valence-corrected chi connectivity index (χ2v) is 8.80. The Balaban J connectivity index is 2.30. The normalized spacial score (nSPS) is 22.5. The Bertz CT molecular complexity index is 424. The van der Waals surface area contributed by atoms with Crippen molar-refractivity contribution in [3.8, 4) is 0 Å². The summed E-state index contributed by atoms with van der Waals surface area (Å²) < 4.78 is 46.8. The van der Waals surface area contributed by atoms with E-state index in [0.717, 1.165) is 32.1 Å². The molecule has 0 bridgehead atoms. The quantitative estimate of drug-likeness (QED) is 0.682. The van der Waals surface area contributed by atoms with Crippen molar-refractivity contribution in [2.45, 2.75) is 31.7 Å². The largest absolute Gasteiger partial charge is 0.314 e. The molecule has 17 heavy (non-hydrogen) atoms. The molecule has 0 amide bonds. The van der Waals surface area contributed by atoms with Gasteiger partial charge >= 0.3 is 0 Å². The highest BCUT2D eigenvalue weighted by atomic mass is 32.3. The van der Waals surface area contributed by atoms with Crippen LogP contribution in [0.3, 0.4) is 0 Å². The zero-order chi connectivity index (χ0) is 12.9. The van der Waals surface area contributed by atoms with E-state index >= 15 is 0 Å². The van der Waals surface area contributed by atoms with Crippen LogP contribution in [0.25, 0.3) is 0 Å². The molecule has 0 radical (unpaired) electrons. The minimum Gasteiger partial charge on any atom is -0.314 e. The molecule has 102 valence electrons. The van der Waals surface area contributed by atoms with Crippen molar-refractivity contribution < 1.29 is 16.8 Å². The van der Waals surface area contributed by atoms with Crippen LogP contribution in [-0.4, -0.2) is 47.3 Å².